The average Bonchev–Trinajstić information content (AvgIpc) is 2.54. The summed E-state index contributed by atoms with van der Waals surface area (Å²) in [6, 6.07) is 5.63. The van der Waals surface area contributed by atoms with Crippen LogP contribution in [0.25, 0.3) is 0 Å². The first-order valence-electron chi connectivity index (χ1n) is 8.12. The van der Waals surface area contributed by atoms with Crippen molar-refractivity contribution in [3.8, 4) is 0 Å². The summed E-state index contributed by atoms with van der Waals surface area (Å²) in [5.74, 6) is -1.05. The number of hydrogen-bond acceptors (Lipinski definition) is 6. The van der Waals surface area contributed by atoms with Gasteiger partial charge in [0.1, 0.15) is 5.60 Å². The van der Waals surface area contributed by atoms with Gasteiger partial charge in [-0.15, -0.1) is 0 Å². The van der Waals surface area contributed by atoms with Crippen LogP contribution in [0.5, 0.6) is 0 Å². The number of nitro benzene ring substituents is 1. The fourth-order valence-electron chi connectivity index (χ4n) is 2.09. The highest BCUT2D eigenvalue weighted by Crippen LogP contribution is 2.20. The van der Waals surface area contributed by atoms with E-state index >= 15 is 0 Å². The molecule has 0 aliphatic heterocycles. The van der Waals surface area contributed by atoms with Gasteiger partial charge in [-0.25, -0.2) is 4.79 Å². The van der Waals surface area contributed by atoms with Gasteiger partial charge in [0, 0.05) is 32.3 Å². The Labute approximate surface area is 152 Å². The van der Waals surface area contributed by atoms with E-state index in [0.29, 0.717) is 18.7 Å². The van der Waals surface area contributed by atoms with Crippen LogP contribution in [0.15, 0.2) is 24.3 Å². The van der Waals surface area contributed by atoms with Crippen molar-refractivity contribution in [3.63, 3.8) is 0 Å². The molecule has 0 aromatic heterocycles. The molecule has 0 unspecified atom stereocenters. The van der Waals surface area contributed by atoms with Gasteiger partial charge in [-0.3, -0.25) is 14.9 Å². The number of alkyl carbamates (subject to hydrolysis) is 1. The molecular weight excluding hydrogens is 342 g/mol. The summed E-state index contributed by atoms with van der Waals surface area (Å²) < 4.78 is 10.1. The Morgan fingerprint density at radius 2 is 1.81 bits per heavy atom. The summed E-state index contributed by atoms with van der Waals surface area (Å²) in [6.45, 7) is 5.85. The Kier molecular flexibility index (Phi) is 7.98. The molecule has 0 aliphatic rings. The van der Waals surface area contributed by atoms with E-state index in [1.165, 1.54) is 31.4 Å². The maximum Gasteiger partial charge on any atom is 0.407 e. The van der Waals surface area contributed by atoms with E-state index in [1.807, 2.05) is 0 Å². The van der Waals surface area contributed by atoms with Gasteiger partial charge in [0.25, 0.3) is 5.69 Å². The zero-order valence-electron chi connectivity index (χ0n) is 15.4. The van der Waals surface area contributed by atoms with Gasteiger partial charge in [0.15, 0.2) is 0 Å². The van der Waals surface area contributed by atoms with Crippen molar-refractivity contribution in [3.05, 3.63) is 39.9 Å². The minimum absolute atomic E-state index is 0.00839. The zero-order chi connectivity index (χ0) is 19.7. The second-order valence-corrected chi connectivity index (χ2v) is 6.57. The fourth-order valence-corrected chi connectivity index (χ4v) is 2.09. The Morgan fingerprint density at radius 1 is 1.19 bits per heavy atom. The number of methoxy groups -OCH3 is 1. The summed E-state index contributed by atoms with van der Waals surface area (Å²) in [4.78, 5) is 34.5. The van der Waals surface area contributed by atoms with Crippen molar-refractivity contribution in [2.45, 2.75) is 32.3 Å². The molecule has 26 heavy (non-hydrogen) atoms. The summed E-state index contributed by atoms with van der Waals surface area (Å²) >= 11 is 0. The number of rotatable bonds is 8. The summed E-state index contributed by atoms with van der Waals surface area (Å²) in [7, 11) is 1.52. The van der Waals surface area contributed by atoms with E-state index in [4.69, 9.17) is 9.47 Å². The molecule has 1 atom stereocenters. The number of non-ortho nitro benzene ring substituents is 1. The van der Waals surface area contributed by atoms with Gasteiger partial charge in [-0.1, -0.05) is 12.1 Å². The lowest BCUT2D eigenvalue weighted by Gasteiger charge is -2.22. The molecule has 2 N–H and O–H groups in total. The molecule has 0 spiro atoms. The Bertz CT molecular complexity index is 624. The molecule has 9 nitrogen and oxygen atoms in total. The molecule has 0 fully saturated rings. The third kappa shape index (κ3) is 7.47. The average molecular weight is 367 g/mol. The summed E-state index contributed by atoms with van der Waals surface area (Å²) in [6.07, 6.45) is -0.644. The van der Waals surface area contributed by atoms with Crippen LogP contribution in [0.2, 0.25) is 0 Å². The third-order valence-electron chi connectivity index (χ3n) is 3.28. The van der Waals surface area contributed by atoms with E-state index < -0.39 is 22.5 Å². The summed E-state index contributed by atoms with van der Waals surface area (Å²) in [5.41, 5.74) is -0.192. The van der Waals surface area contributed by atoms with Crippen molar-refractivity contribution in [2.24, 2.45) is 0 Å². The number of carbonyl (C=O) groups is 2. The minimum Gasteiger partial charge on any atom is -0.444 e. The molecule has 2 amide bonds. The molecule has 0 heterocycles. The minimum atomic E-state index is -0.722. The lowest BCUT2D eigenvalue weighted by Crippen LogP contribution is -2.40. The first-order valence-corrected chi connectivity index (χ1v) is 8.12. The largest absolute Gasteiger partial charge is 0.444 e. The lowest BCUT2D eigenvalue weighted by molar-refractivity contribution is -0.384. The van der Waals surface area contributed by atoms with E-state index in [-0.39, 0.29) is 18.1 Å². The van der Waals surface area contributed by atoms with Gasteiger partial charge in [-0.2, -0.15) is 0 Å². The number of ether oxygens (including phenoxy) is 2. The topological polar surface area (TPSA) is 120 Å². The molecule has 1 aromatic carbocycles. The molecule has 144 valence electrons. The van der Waals surface area contributed by atoms with Crippen LogP contribution in [-0.2, 0) is 14.3 Å². The molecule has 1 aromatic rings. The second kappa shape index (κ2) is 9.71. The number of benzene rings is 1. The highest BCUT2D eigenvalue weighted by Gasteiger charge is 2.23. The first-order chi connectivity index (χ1) is 12.1. The second-order valence-electron chi connectivity index (χ2n) is 6.57. The fraction of sp³-hybridized carbons (Fsp3) is 0.529. The van der Waals surface area contributed by atoms with Crippen LogP contribution in [0.4, 0.5) is 10.5 Å². The van der Waals surface area contributed by atoms with E-state index in [1.54, 1.807) is 20.8 Å². The molecule has 0 aliphatic carbocycles. The van der Waals surface area contributed by atoms with Gasteiger partial charge < -0.3 is 20.1 Å². The molecule has 1 rings (SSSR count). The van der Waals surface area contributed by atoms with E-state index in [0.717, 1.165) is 0 Å². The number of hydrogen-bond donors (Lipinski definition) is 2. The molecular formula is C17H25N3O6. The number of nitrogens with one attached hydrogen (secondary N) is 2. The molecule has 0 radical (unpaired) electrons. The molecule has 9 heteroatoms. The summed E-state index contributed by atoms with van der Waals surface area (Å²) in [5, 5.41) is 16.0. The monoisotopic (exact) mass is 367 g/mol. The van der Waals surface area contributed by atoms with Crippen molar-refractivity contribution in [2.75, 3.05) is 26.8 Å². The third-order valence-corrected chi connectivity index (χ3v) is 3.28. The Balaban J connectivity index is 2.86. The van der Waals surface area contributed by atoms with Crippen LogP contribution < -0.4 is 10.6 Å². The van der Waals surface area contributed by atoms with Crippen molar-refractivity contribution < 1.29 is 24.0 Å². The van der Waals surface area contributed by atoms with Gasteiger partial charge in [0.05, 0.1) is 17.4 Å². The zero-order valence-corrected chi connectivity index (χ0v) is 15.4. The van der Waals surface area contributed by atoms with Crippen molar-refractivity contribution >= 4 is 17.7 Å². The number of nitrogens with zero attached hydrogens (tertiary/aromatic N) is 1. The van der Waals surface area contributed by atoms with Gasteiger partial charge in [-0.05, 0) is 26.3 Å². The molecule has 0 saturated carbocycles. The standard InChI is InChI=1S/C17H25N3O6/c1-17(2,3)26-16(22)19-11-14(15(21)18-9-10-25-4)12-5-7-13(8-6-12)20(23)24/h5-8,14H,9-11H2,1-4H3,(H,18,21)(H,19,22)/t14-/m0/s1. The maximum absolute atomic E-state index is 12.4. The molecule has 0 bridgehead atoms. The highest BCUT2D eigenvalue weighted by atomic mass is 16.6. The Hall–Kier alpha value is -2.68. The van der Waals surface area contributed by atoms with Gasteiger partial charge in [0.2, 0.25) is 5.91 Å². The van der Waals surface area contributed by atoms with Crippen LogP contribution in [-0.4, -0.2) is 49.3 Å². The first kappa shape index (κ1) is 21.4. The van der Waals surface area contributed by atoms with E-state index in [2.05, 4.69) is 10.6 Å². The maximum atomic E-state index is 12.4. The smallest absolute Gasteiger partial charge is 0.407 e. The van der Waals surface area contributed by atoms with Crippen molar-refractivity contribution in [1.82, 2.24) is 10.6 Å². The highest BCUT2D eigenvalue weighted by molar-refractivity contribution is 5.84. The predicted molar refractivity (Wildman–Crippen MR) is 95.0 cm³/mol. The number of nitro groups is 1. The Morgan fingerprint density at radius 3 is 2.31 bits per heavy atom. The van der Waals surface area contributed by atoms with Crippen LogP contribution in [0.3, 0.4) is 0 Å². The quantitative estimate of drug-likeness (QED) is 0.412. The number of carbonyl (C=O) groups excluding carboxylic acids is 2. The predicted octanol–water partition coefficient (Wildman–Crippen LogP) is 1.97. The van der Waals surface area contributed by atoms with Crippen LogP contribution in [0, 0.1) is 10.1 Å². The van der Waals surface area contributed by atoms with Crippen molar-refractivity contribution in [1.29, 1.82) is 0 Å². The SMILES string of the molecule is COCCNC(=O)[C@@H](CNC(=O)OC(C)(C)C)c1ccc([N+](=O)[O-])cc1. The van der Waals surface area contributed by atoms with Gasteiger partial charge >= 0.3 is 6.09 Å². The van der Waals surface area contributed by atoms with E-state index in [9.17, 15) is 19.7 Å². The molecule has 0 saturated heterocycles. The lowest BCUT2D eigenvalue weighted by atomic mass is 9.97. The number of amides is 2. The van der Waals surface area contributed by atoms with Crippen LogP contribution >= 0.6 is 0 Å². The van der Waals surface area contributed by atoms with Crippen LogP contribution in [0.1, 0.15) is 32.3 Å². The normalized spacial score (nSPS) is 12.2.